The Bertz CT molecular complexity index is 750. The highest BCUT2D eigenvalue weighted by atomic mass is 35.5. The first-order chi connectivity index (χ1) is 11.2. The van der Waals surface area contributed by atoms with Crippen LogP contribution in [0, 0.1) is 6.92 Å². The van der Waals surface area contributed by atoms with E-state index < -0.39 is 23.3 Å². The second kappa shape index (κ2) is 7.27. The van der Waals surface area contributed by atoms with Crippen LogP contribution in [0.5, 0.6) is 0 Å². The van der Waals surface area contributed by atoms with Gasteiger partial charge < -0.3 is 11.1 Å². The van der Waals surface area contributed by atoms with E-state index in [4.69, 9.17) is 17.3 Å². The molecule has 0 atom stereocenters. The van der Waals surface area contributed by atoms with Gasteiger partial charge in [-0.3, -0.25) is 4.79 Å². The van der Waals surface area contributed by atoms with Crippen LogP contribution in [-0.4, -0.2) is 21.6 Å². The molecular weight excluding hydrogens is 365 g/mol. The number of carbonyl (C=O) groups excluding carboxylic acids is 1. The van der Waals surface area contributed by atoms with Crippen molar-refractivity contribution in [2.24, 2.45) is 0 Å². The maximum atomic E-state index is 13.0. The van der Waals surface area contributed by atoms with Crippen molar-refractivity contribution in [1.29, 1.82) is 0 Å². The van der Waals surface area contributed by atoms with Crippen molar-refractivity contribution in [2.45, 2.75) is 18.3 Å². The van der Waals surface area contributed by atoms with Gasteiger partial charge in [0.25, 0.3) is 0 Å². The standard InChI is InChI=1S/C14H12ClF3N4OS/c1-7-5-10(19)21-13(20-7)24-6-11(23)22-12-8(14(16,17)18)3-2-4-9(12)15/h2-5H,6H2,1H3,(H,22,23)(H2,19,20,21). The van der Waals surface area contributed by atoms with Gasteiger partial charge in [-0.1, -0.05) is 29.4 Å². The molecule has 0 aliphatic rings. The fourth-order valence-electron chi connectivity index (χ4n) is 1.82. The molecule has 128 valence electrons. The Hall–Kier alpha value is -2.00. The van der Waals surface area contributed by atoms with Crippen molar-refractivity contribution in [3.05, 3.63) is 40.5 Å². The zero-order valence-corrected chi connectivity index (χ0v) is 13.9. The SMILES string of the molecule is Cc1cc(N)nc(SCC(=O)Nc2c(Cl)cccc2C(F)(F)F)n1. The minimum Gasteiger partial charge on any atom is -0.384 e. The predicted octanol–water partition coefficient (Wildman–Crippen LogP) is 3.77. The number of anilines is 2. The zero-order valence-electron chi connectivity index (χ0n) is 12.3. The molecule has 1 heterocycles. The monoisotopic (exact) mass is 376 g/mol. The van der Waals surface area contributed by atoms with Crippen LogP contribution in [0.2, 0.25) is 5.02 Å². The molecule has 0 radical (unpaired) electrons. The Morgan fingerprint density at radius 3 is 2.71 bits per heavy atom. The number of para-hydroxylation sites is 1. The summed E-state index contributed by atoms with van der Waals surface area (Å²) in [5, 5.41) is 2.25. The van der Waals surface area contributed by atoms with Gasteiger partial charge in [0.05, 0.1) is 22.0 Å². The van der Waals surface area contributed by atoms with E-state index in [9.17, 15) is 18.0 Å². The lowest BCUT2D eigenvalue weighted by Crippen LogP contribution is -2.18. The number of amides is 1. The van der Waals surface area contributed by atoms with Gasteiger partial charge in [0.2, 0.25) is 5.91 Å². The fraction of sp³-hybridized carbons (Fsp3) is 0.214. The third-order valence-electron chi connectivity index (χ3n) is 2.77. The third kappa shape index (κ3) is 4.75. The Morgan fingerprint density at radius 2 is 2.08 bits per heavy atom. The van der Waals surface area contributed by atoms with Crippen LogP contribution in [0.25, 0.3) is 0 Å². The van der Waals surface area contributed by atoms with Crippen molar-refractivity contribution in [2.75, 3.05) is 16.8 Å². The topological polar surface area (TPSA) is 80.9 Å². The molecule has 5 nitrogen and oxygen atoms in total. The third-order valence-corrected chi connectivity index (χ3v) is 3.93. The maximum Gasteiger partial charge on any atom is 0.418 e. The molecular formula is C14H12ClF3N4OS. The molecule has 0 bridgehead atoms. The number of alkyl halides is 3. The zero-order chi connectivity index (χ0) is 17.9. The summed E-state index contributed by atoms with van der Waals surface area (Å²) in [5.74, 6) is -0.607. The summed E-state index contributed by atoms with van der Waals surface area (Å²) in [4.78, 5) is 19.9. The van der Waals surface area contributed by atoms with Gasteiger partial charge in [0.15, 0.2) is 5.16 Å². The Balaban J connectivity index is 2.10. The van der Waals surface area contributed by atoms with Crippen LogP contribution in [-0.2, 0) is 11.0 Å². The number of nitrogens with two attached hydrogens (primary N) is 1. The number of carbonyl (C=O) groups is 1. The van der Waals surface area contributed by atoms with Crippen LogP contribution in [0.4, 0.5) is 24.7 Å². The van der Waals surface area contributed by atoms with E-state index in [0.29, 0.717) is 5.69 Å². The number of aryl methyl sites for hydroxylation is 1. The smallest absolute Gasteiger partial charge is 0.384 e. The van der Waals surface area contributed by atoms with Crippen molar-refractivity contribution in [3.8, 4) is 0 Å². The highest BCUT2D eigenvalue weighted by Crippen LogP contribution is 2.38. The van der Waals surface area contributed by atoms with Crippen molar-refractivity contribution >= 4 is 40.8 Å². The van der Waals surface area contributed by atoms with Crippen LogP contribution < -0.4 is 11.1 Å². The van der Waals surface area contributed by atoms with E-state index in [2.05, 4.69) is 15.3 Å². The highest BCUT2D eigenvalue weighted by Gasteiger charge is 2.34. The molecule has 0 unspecified atom stereocenters. The van der Waals surface area contributed by atoms with Gasteiger partial charge in [0, 0.05) is 11.8 Å². The molecule has 0 aliphatic heterocycles. The molecule has 2 rings (SSSR count). The summed E-state index contributed by atoms with van der Waals surface area (Å²) in [6, 6.07) is 4.84. The Morgan fingerprint density at radius 1 is 1.38 bits per heavy atom. The average Bonchev–Trinajstić information content (AvgIpc) is 2.45. The molecule has 0 fully saturated rings. The number of benzene rings is 1. The number of hydrogen-bond acceptors (Lipinski definition) is 5. The molecule has 24 heavy (non-hydrogen) atoms. The van der Waals surface area contributed by atoms with Crippen molar-refractivity contribution in [3.63, 3.8) is 0 Å². The second-order valence-corrected chi connectivity index (χ2v) is 6.06. The first-order valence-corrected chi connectivity index (χ1v) is 7.92. The molecule has 0 aliphatic carbocycles. The Labute approximate surface area is 144 Å². The minimum absolute atomic E-state index is 0.189. The van der Waals surface area contributed by atoms with Crippen molar-refractivity contribution < 1.29 is 18.0 Å². The van der Waals surface area contributed by atoms with E-state index in [-0.39, 0.29) is 21.7 Å². The molecule has 2 aromatic rings. The fourth-order valence-corrected chi connectivity index (χ4v) is 2.76. The number of rotatable bonds is 4. The molecule has 3 N–H and O–H groups in total. The molecule has 1 aromatic heterocycles. The summed E-state index contributed by atoms with van der Waals surface area (Å²) in [7, 11) is 0. The van der Waals surface area contributed by atoms with E-state index in [0.717, 1.165) is 17.8 Å². The largest absolute Gasteiger partial charge is 0.418 e. The van der Waals surface area contributed by atoms with E-state index in [1.165, 1.54) is 12.1 Å². The first-order valence-electron chi connectivity index (χ1n) is 6.56. The van der Waals surface area contributed by atoms with Crippen LogP contribution in [0.1, 0.15) is 11.3 Å². The number of nitrogens with one attached hydrogen (secondary N) is 1. The lowest BCUT2D eigenvalue weighted by atomic mass is 10.1. The van der Waals surface area contributed by atoms with Gasteiger partial charge >= 0.3 is 6.18 Å². The molecule has 10 heteroatoms. The minimum atomic E-state index is -4.63. The van der Waals surface area contributed by atoms with Crippen LogP contribution in [0.15, 0.2) is 29.4 Å². The second-order valence-electron chi connectivity index (χ2n) is 4.71. The number of thioether (sulfide) groups is 1. The van der Waals surface area contributed by atoms with E-state index >= 15 is 0 Å². The molecule has 1 amide bonds. The highest BCUT2D eigenvalue weighted by molar-refractivity contribution is 7.99. The van der Waals surface area contributed by atoms with Gasteiger partial charge in [0.1, 0.15) is 5.82 Å². The summed E-state index contributed by atoms with van der Waals surface area (Å²) in [6.45, 7) is 1.71. The molecule has 0 saturated carbocycles. The molecule has 0 spiro atoms. The lowest BCUT2D eigenvalue weighted by Gasteiger charge is -2.15. The summed E-state index contributed by atoms with van der Waals surface area (Å²) < 4.78 is 38.9. The van der Waals surface area contributed by atoms with Gasteiger partial charge in [-0.25, -0.2) is 9.97 Å². The number of aromatic nitrogens is 2. The Kier molecular flexibility index (Phi) is 5.55. The van der Waals surface area contributed by atoms with Gasteiger partial charge in [-0.2, -0.15) is 13.2 Å². The normalized spacial score (nSPS) is 11.4. The summed E-state index contributed by atoms with van der Waals surface area (Å²) in [6.07, 6.45) is -4.63. The van der Waals surface area contributed by atoms with Gasteiger partial charge in [-0.05, 0) is 19.1 Å². The number of nitrogens with zero attached hydrogens (tertiary/aromatic N) is 2. The van der Waals surface area contributed by atoms with Crippen LogP contribution in [0.3, 0.4) is 0 Å². The lowest BCUT2D eigenvalue weighted by molar-refractivity contribution is -0.137. The molecule has 1 aromatic carbocycles. The van der Waals surface area contributed by atoms with Gasteiger partial charge in [-0.15, -0.1) is 0 Å². The molecule has 0 saturated heterocycles. The van der Waals surface area contributed by atoms with Crippen LogP contribution >= 0.6 is 23.4 Å². The average molecular weight is 377 g/mol. The first kappa shape index (κ1) is 18.3. The maximum absolute atomic E-state index is 13.0. The number of hydrogen-bond donors (Lipinski definition) is 2. The predicted molar refractivity (Wildman–Crippen MR) is 87.0 cm³/mol. The van der Waals surface area contributed by atoms with Crippen molar-refractivity contribution in [1.82, 2.24) is 9.97 Å². The number of nitrogen functional groups attached to an aromatic ring is 1. The quantitative estimate of drug-likeness (QED) is 0.627. The van der Waals surface area contributed by atoms with E-state index in [1.54, 1.807) is 13.0 Å². The summed E-state index contributed by atoms with van der Waals surface area (Å²) >= 11 is 6.73. The number of halogens is 4. The van der Waals surface area contributed by atoms with E-state index in [1.807, 2.05) is 0 Å². The summed E-state index contributed by atoms with van der Waals surface area (Å²) in [5.41, 5.74) is 4.71.